The van der Waals surface area contributed by atoms with Gasteiger partial charge in [0.25, 0.3) is 0 Å². The molecule has 3 nitrogen and oxygen atoms in total. The highest BCUT2D eigenvalue weighted by Crippen LogP contribution is 2.16. The Labute approximate surface area is 131 Å². The summed E-state index contributed by atoms with van der Waals surface area (Å²) in [6.45, 7) is 0.521. The zero-order valence-corrected chi connectivity index (χ0v) is 12.9. The summed E-state index contributed by atoms with van der Waals surface area (Å²) in [5.41, 5.74) is 2.10. The number of aromatic nitrogens is 2. The smallest absolute Gasteiger partial charge is 0.120 e. The molecule has 0 fully saturated rings. The van der Waals surface area contributed by atoms with E-state index in [0.717, 1.165) is 17.0 Å². The van der Waals surface area contributed by atoms with E-state index in [4.69, 9.17) is 4.74 Å². The first-order chi connectivity index (χ1) is 9.81. The fraction of sp³-hybridized carbons (Fsp3) is 0.0625. The average Bonchev–Trinajstić information content (AvgIpc) is 2.95. The maximum atomic E-state index is 5.76. The molecule has 0 radical (unpaired) electrons. The summed E-state index contributed by atoms with van der Waals surface area (Å²) < 4.78 is 8.79. The number of para-hydroxylation sites is 1. The molecule has 0 aliphatic rings. The zero-order chi connectivity index (χ0) is 13.8. The largest absolute Gasteiger partial charge is 0.489 e. The second-order valence-corrected chi connectivity index (χ2v) is 5.62. The first-order valence-electron chi connectivity index (χ1n) is 6.28. The van der Waals surface area contributed by atoms with E-state index in [1.807, 2.05) is 71.7 Å². The van der Waals surface area contributed by atoms with E-state index in [0.29, 0.717) is 6.61 Å². The fourth-order valence-corrected chi connectivity index (χ4v) is 2.39. The molecule has 0 N–H and O–H groups in total. The number of nitrogens with zero attached hydrogens (tertiary/aromatic N) is 2. The zero-order valence-electron chi connectivity index (χ0n) is 10.7. The van der Waals surface area contributed by atoms with Gasteiger partial charge in [0.2, 0.25) is 0 Å². The molecular weight excluding hydrogens is 363 g/mol. The minimum absolute atomic E-state index is 0.521. The standard InChI is InChI=1S/C16H13IN2O/c17-14-5-4-8-16(9-14)20-12-13-10-18-19(11-13)15-6-2-1-3-7-15/h1-11H,12H2. The van der Waals surface area contributed by atoms with Crippen molar-refractivity contribution in [2.24, 2.45) is 0 Å². The van der Waals surface area contributed by atoms with Crippen LogP contribution in [0.2, 0.25) is 0 Å². The van der Waals surface area contributed by atoms with Crippen molar-refractivity contribution in [1.82, 2.24) is 9.78 Å². The Kier molecular flexibility index (Phi) is 4.01. The maximum Gasteiger partial charge on any atom is 0.120 e. The van der Waals surface area contributed by atoms with Crippen LogP contribution < -0.4 is 4.74 Å². The van der Waals surface area contributed by atoms with Gasteiger partial charge in [0.1, 0.15) is 12.4 Å². The van der Waals surface area contributed by atoms with Gasteiger partial charge in [-0.1, -0.05) is 24.3 Å². The molecule has 4 heteroatoms. The summed E-state index contributed by atoms with van der Waals surface area (Å²) in [4.78, 5) is 0. The molecule has 3 rings (SSSR count). The Hall–Kier alpha value is -1.82. The third-order valence-corrected chi connectivity index (χ3v) is 3.53. The van der Waals surface area contributed by atoms with Gasteiger partial charge >= 0.3 is 0 Å². The van der Waals surface area contributed by atoms with Crippen molar-refractivity contribution >= 4 is 22.6 Å². The molecule has 0 aliphatic heterocycles. The van der Waals surface area contributed by atoms with Crippen molar-refractivity contribution in [3.8, 4) is 11.4 Å². The Bertz CT molecular complexity index is 694. The monoisotopic (exact) mass is 376 g/mol. The lowest BCUT2D eigenvalue weighted by molar-refractivity contribution is 0.306. The summed E-state index contributed by atoms with van der Waals surface area (Å²) in [6.07, 6.45) is 3.82. The SMILES string of the molecule is Ic1cccc(OCc2cnn(-c3ccccc3)c2)c1. The Morgan fingerprint density at radius 2 is 1.90 bits per heavy atom. The van der Waals surface area contributed by atoms with Gasteiger partial charge in [-0.15, -0.1) is 0 Å². The molecule has 0 spiro atoms. The third kappa shape index (κ3) is 3.19. The fourth-order valence-electron chi connectivity index (χ4n) is 1.88. The Morgan fingerprint density at radius 1 is 1.05 bits per heavy atom. The van der Waals surface area contributed by atoms with Gasteiger partial charge in [-0.05, 0) is 52.9 Å². The van der Waals surface area contributed by atoms with Gasteiger partial charge in [-0.2, -0.15) is 5.10 Å². The number of hydrogen-bond acceptors (Lipinski definition) is 2. The number of halogens is 1. The van der Waals surface area contributed by atoms with E-state index >= 15 is 0 Å². The van der Waals surface area contributed by atoms with Crippen LogP contribution in [0.5, 0.6) is 5.75 Å². The van der Waals surface area contributed by atoms with Gasteiger partial charge in [-0.25, -0.2) is 4.68 Å². The first kappa shape index (κ1) is 13.2. The highest BCUT2D eigenvalue weighted by Gasteiger charge is 2.02. The van der Waals surface area contributed by atoms with E-state index in [-0.39, 0.29) is 0 Å². The second kappa shape index (κ2) is 6.09. The van der Waals surface area contributed by atoms with E-state index < -0.39 is 0 Å². The quantitative estimate of drug-likeness (QED) is 0.643. The first-order valence-corrected chi connectivity index (χ1v) is 7.36. The van der Waals surface area contributed by atoms with Crippen LogP contribution in [0.3, 0.4) is 0 Å². The van der Waals surface area contributed by atoms with Crippen molar-refractivity contribution in [3.63, 3.8) is 0 Å². The lowest BCUT2D eigenvalue weighted by Crippen LogP contribution is -1.95. The molecule has 0 bridgehead atoms. The Morgan fingerprint density at radius 3 is 2.70 bits per heavy atom. The van der Waals surface area contributed by atoms with E-state index in [1.54, 1.807) is 0 Å². The van der Waals surface area contributed by atoms with Crippen molar-refractivity contribution < 1.29 is 4.74 Å². The lowest BCUT2D eigenvalue weighted by Gasteiger charge is -2.04. The average molecular weight is 376 g/mol. The molecule has 2 aromatic carbocycles. The Balaban J connectivity index is 1.69. The van der Waals surface area contributed by atoms with Gasteiger partial charge < -0.3 is 4.74 Å². The minimum atomic E-state index is 0.521. The molecular formula is C16H13IN2O. The van der Waals surface area contributed by atoms with Crippen LogP contribution in [-0.2, 0) is 6.61 Å². The molecule has 100 valence electrons. The number of benzene rings is 2. The highest BCUT2D eigenvalue weighted by molar-refractivity contribution is 14.1. The normalized spacial score (nSPS) is 10.4. The predicted octanol–water partition coefficient (Wildman–Crippen LogP) is 4.06. The summed E-state index contributed by atoms with van der Waals surface area (Å²) in [7, 11) is 0. The molecule has 0 saturated heterocycles. The molecule has 1 heterocycles. The molecule has 0 atom stereocenters. The summed E-state index contributed by atoms with van der Waals surface area (Å²) in [6, 6.07) is 18.1. The van der Waals surface area contributed by atoms with Crippen LogP contribution >= 0.6 is 22.6 Å². The van der Waals surface area contributed by atoms with E-state index in [1.165, 1.54) is 3.57 Å². The molecule has 0 amide bonds. The van der Waals surface area contributed by atoms with Crippen LogP contribution in [0, 0.1) is 3.57 Å². The van der Waals surface area contributed by atoms with Gasteiger partial charge in [0.05, 0.1) is 11.9 Å². The topological polar surface area (TPSA) is 27.1 Å². The van der Waals surface area contributed by atoms with Crippen molar-refractivity contribution in [1.29, 1.82) is 0 Å². The summed E-state index contributed by atoms with van der Waals surface area (Å²) in [5.74, 6) is 0.879. The number of rotatable bonds is 4. The number of ether oxygens (including phenoxy) is 1. The second-order valence-electron chi connectivity index (χ2n) is 4.37. The molecule has 20 heavy (non-hydrogen) atoms. The van der Waals surface area contributed by atoms with Gasteiger partial charge in [-0.3, -0.25) is 0 Å². The van der Waals surface area contributed by atoms with E-state index in [2.05, 4.69) is 27.7 Å². The molecule has 0 unspecified atom stereocenters. The van der Waals surface area contributed by atoms with Crippen molar-refractivity contribution in [2.45, 2.75) is 6.61 Å². The molecule has 0 aliphatic carbocycles. The van der Waals surface area contributed by atoms with Gasteiger partial charge in [0, 0.05) is 15.3 Å². The van der Waals surface area contributed by atoms with Crippen LogP contribution in [0.4, 0.5) is 0 Å². The minimum Gasteiger partial charge on any atom is -0.489 e. The van der Waals surface area contributed by atoms with Crippen LogP contribution in [0.25, 0.3) is 5.69 Å². The lowest BCUT2D eigenvalue weighted by atomic mass is 10.3. The summed E-state index contributed by atoms with van der Waals surface area (Å²) >= 11 is 2.28. The number of hydrogen-bond donors (Lipinski definition) is 0. The molecule has 0 saturated carbocycles. The highest BCUT2D eigenvalue weighted by atomic mass is 127. The third-order valence-electron chi connectivity index (χ3n) is 2.86. The van der Waals surface area contributed by atoms with Crippen LogP contribution in [0.1, 0.15) is 5.56 Å². The van der Waals surface area contributed by atoms with Crippen LogP contribution in [0.15, 0.2) is 67.0 Å². The van der Waals surface area contributed by atoms with Crippen molar-refractivity contribution in [3.05, 3.63) is 76.1 Å². The van der Waals surface area contributed by atoms with E-state index in [9.17, 15) is 0 Å². The predicted molar refractivity (Wildman–Crippen MR) is 87.1 cm³/mol. The summed E-state index contributed by atoms with van der Waals surface area (Å²) in [5, 5.41) is 4.35. The van der Waals surface area contributed by atoms with Crippen molar-refractivity contribution in [2.75, 3.05) is 0 Å². The molecule has 3 aromatic rings. The van der Waals surface area contributed by atoms with Crippen LogP contribution in [-0.4, -0.2) is 9.78 Å². The molecule has 1 aromatic heterocycles. The van der Waals surface area contributed by atoms with Gasteiger partial charge in [0.15, 0.2) is 0 Å². The maximum absolute atomic E-state index is 5.76.